The van der Waals surface area contributed by atoms with Gasteiger partial charge in [-0.2, -0.15) is 0 Å². The average Bonchev–Trinajstić information content (AvgIpc) is 3.19. The molecule has 0 bridgehead atoms. The Kier molecular flexibility index (Phi) is 6.53. The van der Waals surface area contributed by atoms with Crippen LogP contribution in [-0.4, -0.2) is 21.9 Å². The van der Waals surface area contributed by atoms with Gasteiger partial charge in [-0.15, -0.1) is 28.2 Å². The van der Waals surface area contributed by atoms with Gasteiger partial charge in [0.25, 0.3) is 5.89 Å². The normalized spacial score (nSPS) is 10.9. The van der Waals surface area contributed by atoms with Crippen LogP contribution in [0.3, 0.4) is 0 Å². The van der Waals surface area contributed by atoms with Crippen LogP contribution < -0.4 is 5.32 Å². The largest absolute Gasteiger partial charge is 0.403 e. The van der Waals surface area contributed by atoms with E-state index in [2.05, 4.69) is 15.5 Å². The third kappa shape index (κ3) is 5.20. The summed E-state index contributed by atoms with van der Waals surface area (Å²) in [7, 11) is 0. The number of thioether (sulfide) groups is 1. The van der Waals surface area contributed by atoms with Crippen LogP contribution in [0, 0.1) is 5.82 Å². The maximum atomic E-state index is 12.8. The maximum absolute atomic E-state index is 12.8. The predicted octanol–water partition coefficient (Wildman–Crippen LogP) is 5.76. The van der Waals surface area contributed by atoms with Crippen LogP contribution in [0.25, 0.3) is 11.5 Å². The minimum absolute atomic E-state index is 0.00887. The molecule has 10 heteroatoms. The van der Waals surface area contributed by atoms with Crippen LogP contribution in [0.4, 0.5) is 10.4 Å². The Bertz CT molecular complexity index is 899. The van der Waals surface area contributed by atoms with Gasteiger partial charge in [0.15, 0.2) is 0 Å². The van der Waals surface area contributed by atoms with Crippen molar-refractivity contribution < 1.29 is 13.6 Å². The number of carbonyl (C=O) groups excluding carboxylic acids is 1. The number of carbonyl (C=O) groups is 1. The number of nitrogens with one attached hydrogen (secondary N) is 1. The molecule has 0 spiro atoms. The molecule has 1 aromatic carbocycles. The van der Waals surface area contributed by atoms with E-state index in [-0.39, 0.29) is 23.6 Å². The molecular formula is C16H12Cl2FN3O2S2. The lowest BCUT2D eigenvalue weighted by Gasteiger charge is -2.02. The zero-order valence-electron chi connectivity index (χ0n) is 13.2. The van der Waals surface area contributed by atoms with Crippen molar-refractivity contribution in [2.75, 3.05) is 11.1 Å². The standard InChI is InChI=1S/C16H12Cl2FN3O2S2/c17-12-8-11(14(18)26-12)15-21-22-16(24-15)20-13(23)2-1-7-25-10-5-3-9(19)4-6-10/h3-6,8H,1-2,7H2,(H,20,22,23). The van der Waals surface area contributed by atoms with Gasteiger partial charge in [-0.1, -0.05) is 28.3 Å². The molecule has 3 rings (SSSR count). The van der Waals surface area contributed by atoms with Crippen molar-refractivity contribution in [2.24, 2.45) is 0 Å². The first-order chi connectivity index (χ1) is 12.5. The molecule has 0 aliphatic rings. The lowest BCUT2D eigenvalue weighted by molar-refractivity contribution is -0.116. The number of hydrogen-bond acceptors (Lipinski definition) is 6. The first-order valence-electron chi connectivity index (χ1n) is 7.48. The summed E-state index contributed by atoms with van der Waals surface area (Å²) < 4.78 is 19.2. The molecule has 2 heterocycles. The Labute approximate surface area is 166 Å². The zero-order chi connectivity index (χ0) is 18.5. The zero-order valence-corrected chi connectivity index (χ0v) is 16.3. The summed E-state index contributed by atoms with van der Waals surface area (Å²) in [5.41, 5.74) is 0.533. The summed E-state index contributed by atoms with van der Waals surface area (Å²) in [6.07, 6.45) is 0.956. The summed E-state index contributed by atoms with van der Waals surface area (Å²) in [6, 6.07) is 7.88. The van der Waals surface area contributed by atoms with E-state index in [0.717, 1.165) is 10.6 Å². The fraction of sp³-hybridized carbons (Fsp3) is 0.188. The van der Waals surface area contributed by atoms with E-state index < -0.39 is 0 Å². The van der Waals surface area contributed by atoms with Gasteiger partial charge < -0.3 is 4.42 Å². The maximum Gasteiger partial charge on any atom is 0.322 e. The van der Waals surface area contributed by atoms with Crippen LogP contribution in [0.2, 0.25) is 8.67 Å². The second kappa shape index (κ2) is 8.85. The van der Waals surface area contributed by atoms with E-state index in [1.54, 1.807) is 30.0 Å². The molecule has 0 fully saturated rings. The van der Waals surface area contributed by atoms with Crippen LogP contribution in [-0.2, 0) is 4.79 Å². The highest BCUT2D eigenvalue weighted by Crippen LogP contribution is 2.37. The van der Waals surface area contributed by atoms with Crippen LogP contribution in [0.5, 0.6) is 0 Å². The van der Waals surface area contributed by atoms with Gasteiger partial charge in [0, 0.05) is 11.3 Å². The number of halogens is 3. The van der Waals surface area contributed by atoms with Gasteiger partial charge in [-0.05, 0) is 42.5 Å². The van der Waals surface area contributed by atoms with Crippen molar-refractivity contribution in [1.82, 2.24) is 10.2 Å². The van der Waals surface area contributed by atoms with Crippen LogP contribution in [0.1, 0.15) is 12.8 Å². The first kappa shape index (κ1) is 19.2. The van der Waals surface area contributed by atoms with E-state index >= 15 is 0 Å². The highest BCUT2D eigenvalue weighted by Gasteiger charge is 2.16. The van der Waals surface area contributed by atoms with Gasteiger partial charge in [0.1, 0.15) is 10.2 Å². The number of nitrogens with zero attached hydrogens (tertiary/aromatic N) is 2. The van der Waals surface area contributed by atoms with Gasteiger partial charge in [-0.25, -0.2) is 4.39 Å². The highest BCUT2D eigenvalue weighted by molar-refractivity contribution is 7.99. The molecule has 0 atom stereocenters. The summed E-state index contributed by atoms with van der Waals surface area (Å²) in [5, 5.41) is 10.2. The number of amides is 1. The second-order valence-corrected chi connectivity index (χ2v) is 8.56. The molecule has 2 aromatic heterocycles. The molecule has 1 N–H and O–H groups in total. The number of thiophene rings is 1. The molecule has 136 valence electrons. The molecule has 26 heavy (non-hydrogen) atoms. The number of hydrogen-bond donors (Lipinski definition) is 1. The summed E-state index contributed by atoms with van der Waals surface area (Å²) in [4.78, 5) is 12.9. The minimum Gasteiger partial charge on any atom is -0.403 e. The van der Waals surface area contributed by atoms with Crippen molar-refractivity contribution in [2.45, 2.75) is 17.7 Å². The van der Waals surface area contributed by atoms with Gasteiger partial charge >= 0.3 is 6.01 Å². The Morgan fingerprint density at radius 2 is 2.04 bits per heavy atom. The van der Waals surface area contributed by atoms with E-state index in [4.69, 9.17) is 27.6 Å². The third-order valence-electron chi connectivity index (χ3n) is 3.19. The van der Waals surface area contributed by atoms with Crippen molar-refractivity contribution in [1.29, 1.82) is 0 Å². The number of anilines is 1. The number of aromatic nitrogens is 2. The molecule has 0 aliphatic carbocycles. The Balaban J connectivity index is 1.45. The topological polar surface area (TPSA) is 68.0 Å². The highest BCUT2D eigenvalue weighted by atomic mass is 35.5. The lowest BCUT2D eigenvalue weighted by atomic mass is 10.3. The second-order valence-electron chi connectivity index (χ2n) is 5.10. The molecule has 0 unspecified atom stereocenters. The van der Waals surface area contributed by atoms with E-state index in [1.165, 1.54) is 23.5 Å². The van der Waals surface area contributed by atoms with Crippen molar-refractivity contribution in [3.8, 4) is 11.5 Å². The summed E-state index contributed by atoms with van der Waals surface area (Å²) in [5.74, 6) is 0.435. The van der Waals surface area contributed by atoms with Gasteiger partial charge in [-0.3, -0.25) is 10.1 Å². The van der Waals surface area contributed by atoms with E-state index in [1.807, 2.05) is 0 Å². The fourth-order valence-corrected chi connectivity index (χ4v) is 4.30. The molecule has 5 nitrogen and oxygen atoms in total. The minimum atomic E-state index is -0.265. The SMILES string of the molecule is O=C(CCCSc1ccc(F)cc1)Nc1nnc(-c2cc(Cl)sc2Cl)o1. The van der Waals surface area contributed by atoms with Crippen LogP contribution in [0.15, 0.2) is 39.6 Å². The molecule has 0 aliphatic heterocycles. The quantitative estimate of drug-likeness (QED) is 0.380. The molecule has 1 amide bonds. The summed E-state index contributed by atoms with van der Waals surface area (Å²) >= 11 is 14.7. The predicted molar refractivity (Wildman–Crippen MR) is 103 cm³/mol. The Morgan fingerprint density at radius 3 is 2.73 bits per heavy atom. The number of benzene rings is 1. The van der Waals surface area contributed by atoms with E-state index in [0.29, 0.717) is 27.1 Å². The van der Waals surface area contributed by atoms with Crippen molar-refractivity contribution in [3.63, 3.8) is 0 Å². The molecule has 0 radical (unpaired) electrons. The van der Waals surface area contributed by atoms with Crippen molar-refractivity contribution >= 4 is 58.2 Å². The Morgan fingerprint density at radius 1 is 1.27 bits per heavy atom. The first-order valence-corrected chi connectivity index (χ1v) is 10.0. The van der Waals surface area contributed by atoms with Gasteiger partial charge in [0.05, 0.1) is 9.90 Å². The van der Waals surface area contributed by atoms with Crippen molar-refractivity contribution in [3.05, 3.63) is 44.8 Å². The Hall–Kier alpha value is -1.61. The average molecular weight is 432 g/mol. The lowest BCUT2D eigenvalue weighted by Crippen LogP contribution is -2.11. The smallest absolute Gasteiger partial charge is 0.322 e. The van der Waals surface area contributed by atoms with Gasteiger partial charge in [0.2, 0.25) is 5.91 Å². The molecule has 0 saturated heterocycles. The van der Waals surface area contributed by atoms with E-state index in [9.17, 15) is 9.18 Å². The third-order valence-corrected chi connectivity index (χ3v) is 5.77. The molecule has 3 aromatic rings. The van der Waals surface area contributed by atoms with Crippen LogP contribution >= 0.6 is 46.3 Å². The molecule has 0 saturated carbocycles. The molecular weight excluding hydrogens is 420 g/mol. The number of rotatable bonds is 7. The monoisotopic (exact) mass is 431 g/mol. The fourth-order valence-electron chi connectivity index (χ4n) is 2.00. The summed E-state index contributed by atoms with van der Waals surface area (Å²) in [6.45, 7) is 0.